The highest BCUT2D eigenvalue weighted by atomic mass is 19.1. The summed E-state index contributed by atoms with van der Waals surface area (Å²) in [7, 11) is 0. The zero-order valence-corrected chi connectivity index (χ0v) is 14.2. The Morgan fingerprint density at radius 3 is 2.40 bits per heavy atom. The molecule has 1 amide bonds. The van der Waals surface area contributed by atoms with Crippen LogP contribution in [0.2, 0.25) is 0 Å². The molecule has 3 aromatic rings. The monoisotopic (exact) mass is 337 g/mol. The molecule has 1 N–H and O–H groups in total. The van der Waals surface area contributed by atoms with Crippen LogP contribution >= 0.6 is 0 Å². The Morgan fingerprint density at radius 1 is 0.960 bits per heavy atom. The molecule has 0 radical (unpaired) electrons. The van der Waals surface area contributed by atoms with Gasteiger partial charge in [0.05, 0.1) is 6.04 Å². The van der Waals surface area contributed by atoms with Gasteiger partial charge in [0.2, 0.25) is 0 Å². The number of fused-ring (bicyclic) bond motifs is 1. The standard InChI is InChI=1S/C21H20FNO2/c1-14(16-10-12-18(22)13-11-16)23-21(24)15(2)25-20-9-5-7-17-6-3-4-8-19(17)20/h3-15H,1-2H3,(H,23,24). The molecule has 0 aliphatic heterocycles. The summed E-state index contributed by atoms with van der Waals surface area (Å²) in [6, 6.07) is 19.5. The maximum absolute atomic E-state index is 13.0. The Kier molecular flexibility index (Phi) is 4.98. The highest BCUT2D eigenvalue weighted by molar-refractivity contribution is 5.89. The highest BCUT2D eigenvalue weighted by Crippen LogP contribution is 2.26. The summed E-state index contributed by atoms with van der Waals surface area (Å²) in [5, 5.41) is 4.93. The zero-order chi connectivity index (χ0) is 17.8. The Labute approximate surface area is 146 Å². The molecule has 2 atom stereocenters. The quantitative estimate of drug-likeness (QED) is 0.737. The van der Waals surface area contributed by atoms with Crippen LogP contribution in [0.3, 0.4) is 0 Å². The summed E-state index contributed by atoms with van der Waals surface area (Å²) >= 11 is 0. The van der Waals surface area contributed by atoms with Crippen molar-refractivity contribution in [2.75, 3.05) is 0 Å². The molecule has 2 unspecified atom stereocenters. The predicted octanol–water partition coefficient (Wildman–Crippen LogP) is 4.62. The van der Waals surface area contributed by atoms with Gasteiger partial charge >= 0.3 is 0 Å². The van der Waals surface area contributed by atoms with Crippen LogP contribution in [0.1, 0.15) is 25.5 Å². The van der Waals surface area contributed by atoms with E-state index in [1.54, 1.807) is 19.1 Å². The fourth-order valence-corrected chi connectivity index (χ4v) is 2.71. The van der Waals surface area contributed by atoms with Gasteiger partial charge in [-0.15, -0.1) is 0 Å². The van der Waals surface area contributed by atoms with Crippen LogP contribution in [0.15, 0.2) is 66.7 Å². The molecule has 3 rings (SSSR count). The second kappa shape index (κ2) is 7.34. The molecule has 0 fully saturated rings. The number of rotatable bonds is 5. The van der Waals surface area contributed by atoms with Crippen LogP contribution in [-0.4, -0.2) is 12.0 Å². The Morgan fingerprint density at radius 2 is 1.64 bits per heavy atom. The van der Waals surface area contributed by atoms with E-state index < -0.39 is 6.10 Å². The molecule has 0 spiro atoms. The largest absolute Gasteiger partial charge is 0.480 e. The Bertz CT molecular complexity index is 871. The molecule has 0 saturated carbocycles. The van der Waals surface area contributed by atoms with Crippen molar-refractivity contribution in [3.8, 4) is 5.75 Å². The van der Waals surface area contributed by atoms with Crippen LogP contribution in [0.5, 0.6) is 5.75 Å². The minimum Gasteiger partial charge on any atom is -0.480 e. The number of halogens is 1. The van der Waals surface area contributed by atoms with Gasteiger partial charge in [0.25, 0.3) is 5.91 Å². The van der Waals surface area contributed by atoms with Crippen LogP contribution in [0.25, 0.3) is 10.8 Å². The number of carbonyl (C=O) groups is 1. The van der Waals surface area contributed by atoms with Crippen molar-refractivity contribution in [1.82, 2.24) is 5.32 Å². The maximum Gasteiger partial charge on any atom is 0.261 e. The number of amides is 1. The maximum atomic E-state index is 13.0. The molecule has 4 heteroatoms. The van der Waals surface area contributed by atoms with Gasteiger partial charge in [0, 0.05) is 5.39 Å². The molecule has 25 heavy (non-hydrogen) atoms. The molecule has 128 valence electrons. The van der Waals surface area contributed by atoms with Crippen LogP contribution in [0, 0.1) is 5.82 Å². The Hall–Kier alpha value is -2.88. The van der Waals surface area contributed by atoms with Crippen molar-refractivity contribution in [3.05, 3.63) is 78.1 Å². The first-order valence-electron chi connectivity index (χ1n) is 8.25. The third-order valence-corrected chi connectivity index (χ3v) is 4.15. The number of hydrogen-bond donors (Lipinski definition) is 1. The molecule has 0 bridgehead atoms. The van der Waals surface area contributed by atoms with E-state index in [0.29, 0.717) is 5.75 Å². The fraction of sp³-hybridized carbons (Fsp3) is 0.190. The minimum absolute atomic E-state index is 0.218. The van der Waals surface area contributed by atoms with E-state index in [1.807, 2.05) is 49.4 Å². The molecule has 0 aliphatic carbocycles. The first kappa shape index (κ1) is 17.0. The van der Waals surface area contributed by atoms with Crippen molar-refractivity contribution < 1.29 is 13.9 Å². The molecule has 0 aliphatic rings. The van der Waals surface area contributed by atoms with E-state index in [-0.39, 0.29) is 17.8 Å². The second-order valence-electron chi connectivity index (χ2n) is 6.02. The number of carbonyl (C=O) groups excluding carboxylic acids is 1. The zero-order valence-electron chi connectivity index (χ0n) is 14.2. The molecule has 3 aromatic carbocycles. The Balaban J connectivity index is 1.69. The van der Waals surface area contributed by atoms with Gasteiger partial charge in [-0.3, -0.25) is 4.79 Å². The highest BCUT2D eigenvalue weighted by Gasteiger charge is 2.18. The number of hydrogen-bond acceptors (Lipinski definition) is 2. The predicted molar refractivity (Wildman–Crippen MR) is 97.0 cm³/mol. The van der Waals surface area contributed by atoms with E-state index in [2.05, 4.69) is 5.32 Å². The average molecular weight is 337 g/mol. The SMILES string of the molecule is CC(Oc1cccc2ccccc12)C(=O)NC(C)c1ccc(F)cc1. The van der Waals surface area contributed by atoms with Gasteiger partial charge < -0.3 is 10.1 Å². The van der Waals surface area contributed by atoms with Crippen molar-refractivity contribution in [1.29, 1.82) is 0 Å². The summed E-state index contributed by atoms with van der Waals surface area (Å²) in [6.07, 6.45) is -0.645. The fourth-order valence-electron chi connectivity index (χ4n) is 2.71. The summed E-state index contributed by atoms with van der Waals surface area (Å²) in [5.41, 5.74) is 0.840. The lowest BCUT2D eigenvalue weighted by molar-refractivity contribution is -0.127. The lowest BCUT2D eigenvalue weighted by atomic mass is 10.1. The lowest BCUT2D eigenvalue weighted by Gasteiger charge is -2.19. The van der Waals surface area contributed by atoms with Crippen molar-refractivity contribution in [2.45, 2.75) is 26.0 Å². The van der Waals surface area contributed by atoms with E-state index >= 15 is 0 Å². The van der Waals surface area contributed by atoms with E-state index in [1.165, 1.54) is 12.1 Å². The van der Waals surface area contributed by atoms with Gasteiger partial charge in [0.15, 0.2) is 6.10 Å². The molecule has 0 aromatic heterocycles. The second-order valence-corrected chi connectivity index (χ2v) is 6.02. The minimum atomic E-state index is -0.645. The number of nitrogens with one attached hydrogen (secondary N) is 1. The van der Waals surface area contributed by atoms with E-state index in [0.717, 1.165) is 16.3 Å². The first-order chi connectivity index (χ1) is 12.0. The summed E-state index contributed by atoms with van der Waals surface area (Å²) in [6.45, 7) is 3.57. The molecular weight excluding hydrogens is 317 g/mol. The lowest BCUT2D eigenvalue weighted by Crippen LogP contribution is -2.37. The average Bonchev–Trinajstić information content (AvgIpc) is 2.62. The van der Waals surface area contributed by atoms with Gasteiger partial charge in [-0.05, 0) is 43.0 Å². The van der Waals surface area contributed by atoms with Crippen LogP contribution in [0.4, 0.5) is 4.39 Å². The molecule has 0 heterocycles. The van der Waals surface area contributed by atoms with Crippen molar-refractivity contribution in [2.24, 2.45) is 0 Å². The van der Waals surface area contributed by atoms with E-state index in [4.69, 9.17) is 4.74 Å². The van der Waals surface area contributed by atoms with Gasteiger partial charge in [-0.1, -0.05) is 48.5 Å². The van der Waals surface area contributed by atoms with E-state index in [9.17, 15) is 9.18 Å². The summed E-state index contributed by atoms with van der Waals surface area (Å²) < 4.78 is 18.9. The smallest absolute Gasteiger partial charge is 0.261 e. The third-order valence-electron chi connectivity index (χ3n) is 4.15. The summed E-state index contributed by atoms with van der Waals surface area (Å²) in [4.78, 5) is 12.4. The topological polar surface area (TPSA) is 38.3 Å². The van der Waals surface area contributed by atoms with Crippen LogP contribution in [-0.2, 0) is 4.79 Å². The van der Waals surface area contributed by atoms with Gasteiger partial charge in [-0.25, -0.2) is 4.39 Å². The third kappa shape index (κ3) is 3.97. The van der Waals surface area contributed by atoms with Gasteiger partial charge in [0.1, 0.15) is 11.6 Å². The normalized spacial score (nSPS) is 13.2. The van der Waals surface area contributed by atoms with Crippen LogP contribution < -0.4 is 10.1 Å². The molecular formula is C21H20FNO2. The summed E-state index contributed by atoms with van der Waals surface area (Å²) in [5.74, 6) is 0.162. The molecule has 3 nitrogen and oxygen atoms in total. The number of ether oxygens (including phenoxy) is 1. The van der Waals surface area contributed by atoms with Crippen molar-refractivity contribution in [3.63, 3.8) is 0 Å². The number of benzene rings is 3. The van der Waals surface area contributed by atoms with Crippen molar-refractivity contribution >= 4 is 16.7 Å². The molecule has 0 saturated heterocycles. The van der Waals surface area contributed by atoms with Gasteiger partial charge in [-0.2, -0.15) is 0 Å². The first-order valence-corrected chi connectivity index (χ1v) is 8.25.